The van der Waals surface area contributed by atoms with Crippen LogP contribution in [0.1, 0.15) is 10.4 Å². The zero-order valence-corrected chi connectivity index (χ0v) is 21.8. The van der Waals surface area contributed by atoms with Gasteiger partial charge in [0.2, 0.25) is 0 Å². The smallest absolute Gasteiger partial charge is 0.269 e. The maximum atomic E-state index is 13.1. The highest BCUT2D eigenvalue weighted by Gasteiger charge is 2.26. The van der Waals surface area contributed by atoms with E-state index in [0.717, 1.165) is 39.4 Å². The minimum absolute atomic E-state index is 0.0371. The van der Waals surface area contributed by atoms with Crippen molar-refractivity contribution in [1.82, 2.24) is 19.4 Å². The summed E-state index contributed by atoms with van der Waals surface area (Å²) in [6.07, 6.45) is 3.68. The first-order chi connectivity index (χ1) is 19.5. The molecule has 3 aromatic carbocycles. The first-order valence-electron chi connectivity index (χ1n) is 12.9. The van der Waals surface area contributed by atoms with Crippen molar-refractivity contribution in [3.8, 4) is 22.6 Å². The number of carbonyl (C=O) groups excluding carboxylic acids is 1. The predicted octanol–water partition coefficient (Wildman–Crippen LogP) is 4.97. The van der Waals surface area contributed by atoms with Crippen molar-refractivity contribution in [2.75, 3.05) is 38.2 Å². The minimum atomic E-state index is -0.471. The molecule has 10 heteroatoms. The zero-order chi connectivity index (χ0) is 27.6. The molecule has 5 aromatic rings. The SMILES string of the molecule is COc1ccc(-n2cc(-c3ccccc3)c3c(N4CCN(C(=O)c5ccc([N+](=O)[O-])cc5)CC4)ncnc32)cc1. The summed E-state index contributed by atoms with van der Waals surface area (Å²) in [7, 11) is 1.65. The fraction of sp³-hybridized carbons (Fsp3) is 0.167. The number of nitrogens with zero attached hydrogens (tertiary/aromatic N) is 6. The quantitative estimate of drug-likeness (QED) is 0.224. The number of ether oxygens (including phenoxy) is 1. The molecule has 0 N–H and O–H groups in total. The molecule has 0 spiro atoms. The number of nitro benzene ring substituents is 1. The lowest BCUT2D eigenvalue weighted by atomic mass is 10.1. The number of amides is 1. The van der Waals surface area contributed by atoms with Crippen molar-refractivity contribution in [2.45, 2.75) is 0 Å². The van der Waals surface area contributed by atoms with Gasteiger partial charge in [0.15, 0.2) is 5.65 Å². The number of carbonyl (C=O) groups is 1. The Morgan fingerprint density at radius 3 is 2.25 bits per heavy atom. The lowest BCUT2D eigenvalue weighted by molar-refractivity contribution is -0.384. The van der Waals surface area contributed by atoms with Gasteiger partial charge in [-0.3, -0.25) is 14.9 Å². The second-order valence-corrected chi connectivity index (χ2v) is 9.46. The van der Waals surface area contributed by atoms with Crippen molar-refractivity contribution in [2.24, 2.45) is 0 Å². The molecule has 200 valence electrons. The normalized spacial score (nSPS) is 13.4. The van der Waals surface area contributed by atoms with E-state index >= 15 is 0 Å². The van der Waals surface area contributed by atoms with Crippen molar-refractivity contribution in [3.63, 3.8) is 0 Å². The van der Waals surface area contributed by atoms with Crippen molar-refractivity contribution < 1.29 is 14.5 Å². The van der Waals surface area contributed by atoms with Gasteiger partial charge in [0, 0.05) is 61.3 Å². The van der Waals surface area contributed by atoms with E-state index in [1.54, 1.807) is 18.3 Å². The van der Waals surface area contributed by atoms with E-state index in [-0.39, 0.29) is 11.6 Å². The molecular formula is C30H26N6O4. The highest BCUT2D eigenvalue weighted by Crippen LogP contribution is 2.37. The Bertz CT molecular complexity index is 1680. The lowest BCUT2D eigenvalue weighted by Crippen LogP contribution is -2.49. The number of anilines is 1. The maximum absolute atomic E-state index is 13.1. The number of non-ortho nitro benzene ring substituents is 1. The third-order valence-electron chi connectivity index (χ3n) is 7.19. The zero-order valence-electron chi connectivity index (χ0n) is 21.8. The average Bonchev–Trinajstić information content (AvgIpc) is 3.41. The monoisotopic (exact) mass is 534 g/mol. The summed E-state index contributed by atoms with van der Waals surface area (Å²) in [6, 6.07) is 23.7. The molecule has 0 bridgehead atoms. The van der Waals surface area contributed by atoms with E-state index in [0.29, 0.717) is 31.7 Å². The van der Waals surface area contributed by atoms with Gasteiger partial charge in [-0.2, -0.15) is 0 Å². The first-order valence-corrected chi connectivity index (χ1v) is 12.9. The van der Waals surface area contributed by atoms with Gasteiger partial charge in [-0.15, -0.1) is 0 Å². The summed E-state index contributed by atoms with van der Waals surface area (Å²) >= 11 is 0. The second-order valence-electron chi connectivity index (χ2n) is 9.46. The maximum Gasteiger partial charge on any atom is 0.269 e. The summed E-state index contributed by atoms with van der Waals surface area (Å²) < 4.78 is 7.40. The summed E-state index contributed by atoms with van der Waals surface area (Å²) in [4.78, 5) is 36.9. The molecule has 0 atom stereocenters. The van der Waals surface area contributed by atoms with Gasteiger partial charge in [-0.25, -0.2) is 9.97 Å². The molecule has 0 unspecified atom stereocenters. The molecule has 0 radical (unpaired) electrons. The molecule has 2 aromatic heterocycles. The van der Waals surface area contributed by atoms with Gasteiger partial charge in [0.1, 0.15) is 17.9 Å². The molecule has 3 heterocycles. The van der Waals surface area contributed by atoms with E-state index in [2.05, 4.69) is 32.8 Å². The van der Waals surface area contributed by atoms with Crippen LogP contribution in [0, 0.1) is 10.1 Å². The Morgan fingerprint density at radius 2 is 1.60 bits per heavy atom. The van der Waals surface area contributed by atoms with Gasteiger partial charge in [0.25, 0.3) is 11.6 Å². The Kier molecular flexibility index (Phi) is 6.57. The summed E-state index contributed by atoms with van der Waals surface area (Å²) in [5.41, 5.74) is 4.22. The van der Waals surface area contributed by atoms with Gasteiger partial charge in [-0.1, -0.05) is 30.3 Å². The fourth-order valence-electron chi connectivity index (χ4n) is 5.09. The molecular weight excluding hydrogens is 508 g/mol. The van der Waals surface area contributed by atoms with Gasteiger partial charge in [-0.05, 0) is 42.0 Å². The molecule has 1 saturated heterocycles. The van der Waals surface area contributed by atoms with Crippen LogP contribution in [0.4, 0.5) is 11.5 Å². The number of aromatic nitrogens is 3. The van der Waals surface area contributed by atoms with Crippen LogP contribution in [0.2, 0.25) is 0 Å². The minimum Gasteiger partial charge on any atom is -0.497 e. The molecule has 10 nitrogen and oxygen atoms in total. The van der Waals surface area contributed by atoms with Crippen LogP contribution in [-0.4, -0.2) is 63.6 Å². The van der Waals surface area contributed by atoms with E-state index in [1.807, 2.05) is 42.5 Å². The number of benzene rings is 3. The van der Waals surface area contributed by atoms with Gasteiger partial charge in [0.05, 0.1) is 17.4 Å². The second kappa shape index (κ2) is 10.5. The Morgan fingerprint density at radius 1 is 0.900 bits per heavy atom. The van der Waals surface area contributed by atoms with Crippen LogP contribution >= 0.6 is 0 Å². The van der Waals surface area contributed by atoms with Crippen LogP contribution in [0.15, 0.2) is 91.4 Å². The largest absolute Gasteiger partial charge is 0.497 e. The molecule has 40 heavy (non-hydrogen) atoms. The summed E-state index contributed by atoms with van der Waals surface area (Å²) in [5.74, 6) is 1.46. The number of hydrogen-bond acceptors (Lipinski definition) is 7. The molecule has 1 aliphatic heterocycles. The Balaban J connectivity index is 1.32. The predicted molar refractivity (Wildman–Crippen MR) is 152 cm³/mol. The lowest BCUT2D eigenvalue weighted by Gasteiger charge is -2.35. The van der Waals surface area contributed by atoms with Crippen LogP contribution in [-0.2, 0) is 0 Å². The van der Waals surface area contributed by atoms with E-state index in [1.165, 1.54) is 24.3 Å². The number of fused-ring (bicyclic) bond motifs is 1. The van der Waals surface area contributed by atoms with Gasteiger partial charge < -0.3 is 19.1 Å². The Hall–Kier alpha value is -5.25. The topological polar surface area (TPSA) is 107 Å². The molecule has 1 amide bonds. The highest BCUT2D eigenvalue weighted by atomic mass is 16.6. The Labute approximate surface area is 230 Å². The molecule has 1 aliphatic rings. The standard InChI is InChI=1S/C30H26N6O4/c1-40-25-13-11-23(12-14-25)35-19-26(21-5-3-2-4-6-21)27-28(31-20-32-29(27)35)33-15-17-34(18-16-33)30(37)22-7-9-24(10-8-22)36(38)39/h2-14,19-20H,15-18H2,1H3. The fourth-order valence-corrected chi connectivity index (χ4v) is 5.09. The molecule has 0 saturated carbocycles. The number of nitro groups is 1. The third-order valence-corrected chi connectivity index (χ3v) is 7.19. The van der Waals surface area contributed by atoms with Crippen LogP contribution in [0.5, 0.6) is 5.75 Å². The van der Waals surface area contributed by atoms with Crippen LogP contribution in [0.3, 0.4) is 0 Å². The number of methoxy groups -OCH3 is 1. The van der Waals surface area contributed by atoms with E-state index < -0.39 is 4.92 Å². The average molecular weight is 535 g/mol. The first kappa shape index (κ1) is 25.1. The summed E-state index contributed by atoms with van der Waals surface area (Å²) in [5, 5.41) is 11.9. The van der Waals surface area contributed by atoms with E-state index in [4.69, 9.17) is 9.72 Å². The number of hydrogen-bond donors (Lipinski definition) is 0. The van der Waals surface area contributed by atoms with Crippen molar-refractivity contribution in [1.29, 1.82) is 0 Å². The van der Waals surface area contributed by atoms with Gasteiger partial charge >= 0.3 is 0 Å². The highest BCUT2D eigenvalue weighted by molar-refractivity contribution is 6.02. The number of piperazine rings is 1. The molecule has 1 fully saturated rings. The summed E-state index contributed by atoms with van der Waals surface area (Å²) in [6.45, 7) is 2.18. The third kappa shape index (κ3) is 4.60. The van der Waals surface area contributed by atoms with Crippen molar-refractivity contribution in [3.05, 3.63) is 107 Å². The van der Waals surface area contributed by atoms with Crippen LogP contribution < -0.4 is 9.64 Å². The van der Waals surface area contributed by atoms with E-state index in [9.17, 15) is 14.9 Å². The molecule has 6 rings (SSSR count). The van der Waals surface area contributed by atoms with Crippen LogP contribution in [0.25, 0.3) is 27.8 Å². The molecule has 0 aliphatic carbocycles. The van der Waals surface area contributed by atoms with Crippen molar-refractivity contribution >= 4 is 28.4 Å². The number of rotatable bonds is 6.